The second-order valence-electron chi connectivity index (χ2n) is 8.65. The van der Waals surface area contributed by atoms with Crippen molar-refractivity contribution in [2.45, 2.75) is 115 Å². The zero-order valence-electron chi connectivity index (χ0n) is 19.0. The number of carbonyl (C=O) groups is 1. The Balaban J connectivity index is 4.13. The van der Waals surface area contributed by atoms with Crippen molar-refractivity contribution < 1.29 is 30.3 Å². The lowest BCUT2D eigenvalue weighted by molar-refractivity contribution is -0.155. The van der Waals surface area contributed by atoms with E-state index in [0.717, 1.165) is 32.1 Å². The van der Waals surface area contributed by atoms with Gasteiger partial charge in [-0.05, 0) is 44.9 Å². The monoisotopic (exact) mass is 430 g/mol. The van der Waals surface area contributed by atoms with Crippen molar-refractivity contribution in [2.75, 3.05) is 13.2 Å². The molecule has 0 aromatic rings. The van der Waals surface area contributed by atoms with Gasteiger partial charge in [0.25, 0.3) is 0 Å². The Kier molecular flexibility index (Phi) is 18.2. The minimum absolute atomic E-state index is 0.128. The fourth-order valence-corrected chi connectivity index (χ4v) is 3.96. The summed E-state index contributed by atoms with van der Waals surface area (Å²) in [6, 6.07) is 0. The van der Waals surface area contributed by atoms with Crippen molar-refractivity contribution in [3.8, 4) is 0 Å². The van der Waals surface area contributed by atoms with Crippen LogP contribution in [0.5, 0.6) is 0 Å². The fraction of sp³-hybridized carbons (Fsp3) is 0.875. The molecule has 178 valence electrons. The molecule has 0 aromatic carbocycles. The molecule has 0 saturated heterocycles. The predicted octanol–water partition coefficient (Wildman–Crippen LogP) is 4.19. The number of carboxylic acid groups (broad SMARTS) is 1. The molecular formula is C24H46O6. The van der Waals surface area contributed by atoms with Crippen LogP contribution in [0, 0.1) is 5.41 Å². The Hall–Kier alpha value is -0.950. The van der Waals surface area contributed by atoms with Gasteiger partial charge in [-0.2, -0.15) is 0 Å². The van der Waals surface area contributed by atoms with Gasteiger partial charge in [0.2, 0.25) is 0 Å². The molecule has 0 fully saturated rings. The van der Waals surface area contributed by atoms with Crippen LogP contribution in [0.1, 0.15) is 103 Å². The van der Waals surface area contributed by atoms with E-state index >= 15 is 0 Å². The Morgan fingerprint density at radius 3 is 1.63 bits per heavy atom. The molecule has 6 heteroatoms. The van der Waals surface area contributed by atoms with Crippen molar-refractivity contribution in [1.82, 2.24) is 0 Å². The Labute approximate surface area is 183 Å². The SMILES string of the molecule is CCCCCCCC/C=C/CCCCCCC(CC(O)CO)(CC(O)CO)C(=O)O. The van der Waals surface area contributed by atoms with Crippen LogP contribution in [0.3, 0.4) is 0 Å². The molecule has 0 aliphatic carbocycles. The third-order valence-electron chi connectivity index (χ3n) is 5.80. The van der Waals surface area contributed by atoms with Crippen molar-refractivity contribution in [2.24, 2.45) is 5.41 Å². The predicted molar refractivity (Wildman–Crippen MR) is 120 cm³/mol. The maximum absolute atomic E-state index is 11.9. The second-order valence-corrected chi connectivity index (χ2v) is 8.65. The van der Waals surface area contributed by atoms with E-state index in [1.54, 1.807) is 0 Å². The highest BCUT2D eigenvalue weighted by Gasteiger charge is 2.41. The summed E-state index contributed by atoms with van der Waals surface area (Å²) in [6.07, 6.45) is 15.9. The number of aliphatic hydroxyl groups is 4. The van der Waals surface area contributed by atoms with E-state index in [9.17, 15) is 20.1 Å². The number of unbranched alkanes of at least 4 members (excludes halogenated alkanes) is 10. The van der Waals surface area contributed by atoms with Gasteiger partial charge in [-0.3, -0.25) is 4.79 Å². The van der Waals surface area contributed by atoms with Crippen molar-refractivity contribution in [1.29, 1.82) is 0 Å². The Morgan fingerprint density at radius 1 is 0.767 bits per heavy atom. The molecule has 30 heavy (non-hydrogen) atoms. The van der Waals surface area contributed by atoms with Crippen LogP contribution in [-0.2, 0) is 4.79 Å². The summed E-state index contributed by atoms with van der Waals surface area (Å²) < 4.78 is 0. The molecule has 0 radical (unpaired) electrons. The molecular weight excluding hydrogens is 384 g/mol. The maximum atomic E-state index is 11.9. The van der Waals surface area contributed by atoms with Gasteiger partial charge in [-0.15, -0.1) is 0 Å². The number of carboxylic acids is 1. The first kappa shape index (κ1) is 29.1. The first-order valence-corrected chi connectivity index (χ1v) is 11.9. The molecule has 0 aliphatic heterocycles. The number of rotatable bonds is 21. The van der Waals surface area contributed by atoms with Crippen molar-refractivity contribution >= 4 is 5.97 Å². The zero-order chi connectivity index (χ0) is 22.7. The number of hydrogen-bond acceptors (Lipinski definition) is 5. The smallest absolute Gasteiger partial charge is 0.309 e. The van der Waals surface area contributed by atoms with Crippen LogP contribution in [-0.4, -0.2) is 56.9 Å². The first-order chi connectivity index (χ1) is 14.4. The third kappa shape index (κ3) is 14.1. The second kappa shape index (κ2) is 18.8. The molecule has 0 aliphatic rings. The summed E-state index contributed by atoms with van der Waals surface area (Å²) in [7, 11) is 0. The van der Waals surface area contributed by atoms with Gasteiger partial charge >= 0.3 is 5.97 Å². The van der Waals surface area contributed by atoms with E-state index < -0.39 is 36.8 Å². The average molecular weight is 431 g/mol. The number of aliphatic carboxylic acids is 1. The van der Waals surface area contributed by atoms with E-state index in [4.69, 9.17) is 10.2 Å². The first-order valence-electron chi connectivity index (χ1n) is 11.9. The molecule has 2 atom stereocenters. The zero-order valence-corrected chi connectivity index (χ0v) is 19.0. The molecule has 0 aromatic heterocycles. The van der Waals surface area contributed by atoms with Crippen LogP contribution in [0.25, 0.3) is 0 Å². The largest absolute Gasteiger partial charge is 0.481 e. The van der Waals surface area contributed by atoms with Gasteiger partial charge < -0.3 is 25.5 Å². The van der Waals surface area contributed by atoms with Crippen LogP contribution < -0.4 is 0 Å². The molecule has 0 bridgehead atoms. The summed E-state index contributed by atoms with van der Waals surface area (Å²) in [5.41, 5.74) is -1.33. The molecule has 0 saturated carbocycles. The van der Waals surface area contributed by atoms with Gasteiger partial charge in [-0.1, -0.05) is 70.4 Å². The molecule has 0 heterocycles. The van der Waals surface area contributed by atoms with Crippen molar-refractivity contribution in [3.05, 3.63) is 12.2 Å². The van der Waals surface area contributed by atoms with Gasteiger partial charge in [0.15, 0.2) is 0 Å². The molecule has 6 nitrogen and oxygen atoms in total. The number of hydrogen-bond donors (Lipinski definition) is 5. The summed E-state index contributed by atoms with van der Waals surface area (Å²) in [5, 5.41) is 47.5. The van der Waals surface area contributed by atoms with Gasteiger partial charge in [0, 0.05) is 0 Å². The molecule has 0 spiro atoms. The fourth-order valence-electron chi connectivity index (χ4n) is 3.96. The number of allylic oxidation sites excluding steroid dienone is 2. The lowest BCUT2D eigenvalue weighted by Crippen LogP contribution is -2.39. The highest BCUT2D eigenvalue weighted by atomic mass is 16.4. The normalized spacial score (nSPS) is 15.9. The summed E-state index contributed by atoms with van der Waals surface area (Å²) in [4.78, 5) is 11.9. The van der Waals surface area contributed by atoms with E-state index in [-0.39, 0.29) is 12.8 Å². The van der Waals surface area contributed by atoms with Crippen LogP contribution in [0.15, 0.2) is 12.2 Å². The number of aliphatic hydroxyl groups excluding tert-OH is 4. The van der Waals surface area contributed by atoms with E-state index in [1.807, 2.05) is 0 Å². The third-order valence-corrected chi connectivity index (χ3v) is 5.80. The van der Waals surface area contributed by atoms with E-state index in [0.29, 0.717) is 12.8 Å². The summed E-state index contributed by atoms with van der Waals surface area (Å²) >= 11 is 0. The summed E-state index contributed by atoms with van der Waals surface area (Å²) in [6.45, 7) is 1.19. The Bertz CT molecular complexity index is 425. The Morgan fingerprint density at radius 2 is 1.20 bits per heavy atom. The van der Waals surface area contributed by atoms with E-state index in [2.05, 4.69) is 19.1 Å². The minimum atomic E-state index is -1.33. The molecule has 2 unspecified atom stereocenters. The highest BCUT2D eigenvalue weighted by molar-refractivity contribution is 5.74. The lowest BCUT2D eigenvalue weighted by atomic mass is 9.73. The maximum Gasteiger partial charge on any atom is 0.309 e. The lowest BCUT2D eigenvalue weighted by Gasteiger charge is -2.32. The van der Waals surface area contributed by atoms with Crippen LogP contribution in [0.2, 0.25) is 0 Å². The van der Waals surface area contributed by atoms with Crippen molar-refractivity contribution in [3.63, 3.8) is 0 Å². The van der Waals surface area contributed by atoms with Gasteiger partial charge in [-0.25, -0.2) is 0 Å². The molecule has 0 rings (SSSR count). The molecule has 5 N–H and O–H groups in total. The van der Waals surface area contributed by atoms with Gasteiger partial charge in [0.05, 0.1) is 30.8 Å². The van der Waals surface area contributed by atoms with Crippen LogP contribution >= 0.6 is 0 Å². The summed E-state index contributed by atoms with van der Waals surface area (Å²) in [5.74, 6) is -1.10. The average Bonchev–Trinajstić information content (AvgIpc) is 2.73. The van der Waals surface area contributed by atoms with Gasteiger partial charge in [0.1, 0.15) is 0 Å². The van der Waals surface area contributed by atoms with E-state index in [1.165, 1.54) is 38.5 Å². The highest BCUT2D eigenvalue weighted by Crippen LogP contribution is 2.36. The molecule has 0 amide bonds. The topological polar surface area (TPSA) is 118 Å². The standard InChI is InChI=1S/C24H46O6/c1-2-3-4-5-6-7-8-9-10-11-12-13-14-15-16-24(23(29)30,17-21(27)19-25)18-22(28)20-26/h9-10,21-22,25-28H,2-8,11-20H2,1H3,(H,29,30)/b10-9+. The minimum Gasteiger partial charge on any atom is -0.481 e. The van der Waals surface area contributed by atoms with Crippen LogP contribution in [0.4, 0.5) is 0 Å². The quantitative estimate of drug-likeness (QED) is 0.138.